The quantitative estimate of drug-likeness (QED) is 0.814. The molecule has 1 atom stereocenters. The number of hydrogen-bond acceptors (Lipinski definition) is 2. The van der Waals surface area contributed by atoms with Crippen molar-refractivity contribution in [3.8, 4) is 0 Å². The van der Waals surface area contributed by atoms with Gasteiger partial charge in [-0.05, 0) is 34.9 Å². The molecule has 2 aromatic rings. The van der Waals surface area contributed by atoms with Crippen molar-refractivity contribution in [3.05, 3.63) is 45.9 Å². The standard InChI is InChI=1S/C13H12BrF2O3P/c14-12-7-9-2-1-8(3-4-17)5-10(9)6-11(12)13(15,16)20(18)19/h1-2,5-7,17,20H,3-4H2,(H,18,19). The molecule has 1 unspecified atom stereocenters. The Hall–Kier alpha value is -0.810. The first kappa shape index (κ1) is 15.6. The molecule has 0 spiro atoms. The van der Waals surface area contributed by atoms with E-state index in [1.165, 1.54) is 12.1 Å². The van der Waals surface area contributed by atoms with Gasteiger partial charge < -0.3 is 10.00 Å². The molecule has 0 aliphatic heterocycles. The zero-order valence-electron chi connectivity index (χ0n) is 10.2. The zero-order chi connectivity index (χ0) is 14.9. The molecule has 2 aromatic carbocycles. The molecule has 0 heterocycles. The Labute approximate surface area is 123 Å². The van der Waals surface area contributed by atoms with Gasteiger partial charge in [0.1, 0.15) is 0 Å². The topological polar surface area (TPSA) is 57.5 Å². The van der Waals surface area contributed by atoms with Gasteiger partial charge in [-0.15, -0.1) is 0 Å². The van der Waals surface area contributed by atoms with Crippen LogP contribution in [0.2, 0.25) is 0 Å². The van der Waals surface area contributed by atoms with Crippen molar-refractivity contribution in [2.45, 2.75) is 12.1 Å². The summed E-state index contributed by atoms with van der Waals surface area (Å²) in [6, 6.07) is 7.95. The highest BCUT2D eigenvalue weighted by molar-refractivity contribution is 9.10. The Morgan fingerprint density at radius 3 is 2.50 bits per heavy atom. The summed E-state index contributed by atoms with van der Waals surface area (Å²) in [6.07, 6.45) is 0.425. The van der Waals surface area contributed by atoms with Crippen LogP contribution in [0.4, 0.5) is 8.78 Å². The van der Waals surface area contributed by atoms with Gasteiger partial charge >= 0.3 is 5.66 Å². The van der Waals surface area contributed by atoms with Crippen LogP contribution in [0.25, 0.3) is 10.8 Å². The number of halogens is 3. The smallest absolute Gasteiger partial charge is 0.344 e. The maximum atomic E-state index is 13.7. The molecule has 2 rings (SSSR count). The third-order valence-electron chi connectivity index (χ3n) is 3.00. The fraction of sp³-hybridized carbons (Fsp3) is 0.231. The lowest BCUT2D eigenvalue weighted by molar-refractivity contribution is 0.0808. The maximum absolute atomic E-state index is 13.7. The van der Waals surface area contributed by atoms with Crippen molar-refractivity contribution in [1.29, 1.82) is 0 Å². The zero-order valence-corrected chi connectivity index (χ0v) is 12.8. The maximum Gasteiger partial charge on any atom is 0.344 e. The number of benzene rings is 2. The molecular formula is C13H12BrF2O3P. The molecule has 2 N–H and O–H groups in total. The molecule has 0 fully saturated rings. The van der Waals surface area contributed by atoms with E-state index in [-0.39, 0.29) is 11.1 Å². The molecule has 20 heavy (non-hydrogen) atoms. The van der Waals surface area contributed by atoms with Crippen molar-refractivity contribution in [1.82, 2.24) is 0 Å². The van der Waals surface area contributed by atoms with Crippen LogP contribution in [0.1, 0.15) is 11.1 Å². The molecule has 0 saturated heterocycles. The summed E-state index contributed by atoms with van der Waals surface area (Å²) in [7, 11) is -4.03. The SMILES string of the molecule is O=[PH](O)C(F)(F)c1cc2cc(CCO)ccc2cc1Br. The van der Waals surface area contributed by atoms with Crippen LogP contribution in [-0.4, -0.2) is 16.6 Å². The van der Waals surface area contributed by atoms with Gasteiger partial charge in [0, 0.05) is 16.6 Å². The summed E-state index contributed by atoms with van der Waals surface area (Å²) < 4.78 is 38.4. The number of rotatable bonds is 4. The average molecular weight is 365 g/mol. The van der Waals surface area contributed by atoms with Crippen molar-refractivity contribution in [2.24, 2.45) is 0 Å². The molecule has 0 radical (unpaired) electrons. The summed E-state index contributed by atoms with van der Waals surface area (Å²) in [5.74, 6) is 0. The van der Waals surface area contributed by atoms with E-state index in [2.05, 4.69) is 15.9 Å². The summed E-state index contributed by atoms with van der Waals surface area (Å²) in [5, 5.41) is 10.2. The Kier molecular flexibility index (Phi) is 4.59. The minimum Gasteiger partial charge on any atom is -0.396 e. The summed E-state index contributed by atoms with van der Waals surface area (Å²) in [5.41, 5.74) is -3.46. The van der Waals surface area contributed by atoms with Crippen LogP contribution in [0.5, 0.6) is 0 Å². The van der Waals surface area contributed by atoms with Gasteiger partial charge in [-0.1, -0.05) is 34.1 Å². The first-order valence-electron chi connectivity index (χ1n) is 5.81. The predicted octanol–water partition coefficient (Wildman–Crippen LogP) is 3.65. The lowest BCUT2D eigenvalue weighted by Gasteiger charge is -2.16. The molecule has 7 heteroatoms. The average Bonchev–Trinajstić information content (AvgIpc) is 2.38. The third-order valence-corrected chi connectivity index (χ3v) is 4.46. The van der Waals surface area contributed by atoms with Gasteiger partial charge in [0.15, 0.2) is 0 Å². The largest absolute Gasteiger partial charge is 0.396 e. The van der Waals surface area contributed by atoms with Crippen LogP contribution < -0.4 is 0 Å². The fourth-order valence-corrected chi connectivity index (χ4v) is 3.19. The van der Waals surface area contributed by atoms with Crippen LogP contribution in [0.15, 0.2) is 34.8 Å². The number of hydrogen-bond donors (Lipinski definition) is 2. The van der Waals surface area contributed by atoms with E-state index >= 15 is 0 Å². The van der Waals surface area contributed by atoms with Crippen LogP contribution in [-0.2, 0) is 16.6 Å². The van der Waals surface area contributed by atoms with E-state index in [1.807, 2.05) is 0 Å². The molecule has 0 aromatic heterocycles. The lowest BCUT2D eigenvalue weighted by atomic mass is 10.0. The van der Waals surface area contributed by atoms with Crippen molar-refractivity contribution >= 4 is 34.7 Å². The van der Waals surface area contributed by atoms with Gasteiger partial charge in [-0.2, -0.15) is 8.78 Å². The Balaban J connectivity index is 2.62. The molecule has 0 saturated carbocycles. The van der Waals surface area contributed by atoms with E-state index in [9.17, 15) is 13.3 Å². The first-order valence-corrected chi connectivity index (χ1v) is 7.96. The van der Waals surface area contributed by atoms with Crippen molar-refractivity contribution in [2.75, 3.05) is 6.61 Å². The molecular weight excluding hydrogens is 353 g/mol. The number of alkyl halides is 2. The Morgan fingerprint density at radius 1 is 1.20 bits per heavy atom. The van der Waals surface area contributed by atoms with E-state index in [1.54, 1.807) is 18.2 Å². The summed E-state index contributed by atoms with van der Waals surface area (Å²) in [4.78, 5) is 8.81. The van der Waals surface area contributed by atoms with Gasteiger partial charge in [0.2, 0.25) is 0 Å². The molecule has 0 aliphatic rings. The van der Waals surface area contributed by atoms with Crippen molar-refractivity contribution < 1.29 is 23.3 Å². The molecule has 0 aliphatic carbocycles. The Bertz CT molecular complexity index is 676. The minimum absolute atomic E-state index is 0.0323. The van der Waals surface area contributed by atoms with Gasteiger partial charge in [-0.3, -0.25) is 4.57 Å². The third kappa shape index (κ3) is 2.93. The minimum atomic E-state index is -4.03. The highest BCUT2D eigenvalue weighted by Crippen LogP contribution is 2.50. The highest BCUT2D eigenvalue weighted by atomic mass is 79.9. The number of aliphatic hydroxyl groups is 1. The molecule has 0 bridgehead atoms. The second kappa shape index (κ2) is 5.90. The molecule has 108 valence electrons. The second-order valence-corrected chi connectivity index (χ2v) is 6.46. The first-order chi connectivity index (χ1) is 9.36. The Morgan fingerprint density at radius 2 is 1.90 bits per heavy atom. The van der Waals surface area contributed by atoms with Crippen LogP contribution in [0.3, 0.4) is 0 Å². The van der Waals surface area contributed by atoms with Crippen LogP contribution in [0, 0.1) is 0 Å². The van der Waals surface area contributed by atoms with Gasteiger partial charge in [0.25, 0.3) is 8.03 Å². The van der Waals surface area contributed by atoms with Gasteiger partial charge in [0.05, 0.1) is 0 Å². The second-order valence-electron chi connectivity index (χ2n) is 4.37. The van der Waals surface area contributed by atoms with Crippen LogP contribution >= 0.6 is 24.0 Å². The van der Waals surface area contributed by atoms with Gasteiger partial charge in [-0.25, -0.2) is 0 Å². The number of aliphatic hydroxyl groups excluding tert-OH is 1. The monoisotopic (exact) mass is 364 g/mol. The molecule has 3 nitrogen and oxygen atoms in total. The van der Waals surface area contributed by atoms with E-state index in [0.29, 0.717) is 11.8 Å². The number of fused-ring (bicyclic) bond motifs is 1. The van der Waals surface area contributed by atoms with Crippen molar-refractivity contribution in [3.63, 3.8) is 0 Å². The highest BCUT2D eigenvalue weighted by Gasteiger charge is 2.39. The van der Waals surface area contributed by atoms with E-state index < -0.39 is 19.3 Å². The lowest BCUT2D eigenvalue weighted by Crippen LogP contribution is -2.08. The summed E-state index contributed by atoms with van der Waals surface area (Å²) in [6.45, 7) is -0.0323. The van der Waals surface area contributed by atoms with E-state index in [4.69, 9.17) is 10.00 Å². The normalized spacial score (nSPS) is 13.7. The van der Waals surface area contributed by atoms with E-state index in [0.717, 1.165) is 10.9 Å². The summed E-state index contributed by atoms with van der Waals surface area (Å²) >= 11 is 3.02. The predicted molar refractivity (Wildman–Crippen MR) is 77.6 cm³/mol. The fourth-order valence-electron chi connectivity index (χ4n) is 1.96. The molecule has 0 amide bonds.